The van der Waals surface area contributed by atoms with Crippen molar-refractivity contribution in [2.45, 2.75) is 13.8 Å². The molecule has 0 spiro atoms. The quantitative estimate of drug-likeness (QED) is 0.367. The van der Waals surface area contributed by atoms with E-state index in [9.17, 15) is 0 Å². The van der Waals surface area contributed by atoms with Gasteiger partial charge in [-0.2, -0.15) is 0 Å². The number of aromatic nitrogens is 2. The van der Waals surface area contributed by atoms with Crippen LogP contribution in [0, 0.1) is 0 Å². The van der Waals surface area contributed by atoms with Crippen molar-refractivity contribution in [3.05, 3.63) is 112 Å². The third-order valence-corrected chi connectivity index (χ3v) is 5.94. The maximum Gasteiger partial charge on any atom is 0.138 e. The fourth-order valence-corrected chi connectivity index (χ4v) is 3.74. The molecule has 158 valence electrons. The Bertz CT molecular complexity index is 1350. The van der Waals surface area contributed by atoms with Gasteiger partial charge < -0.3 is 0 Å². The standard InChI is InChI=1S/C29H26N2S/c1-5-25-16-21(4)27(19-28(32)20(2)3)31(25)29-18-24(22-12-8-6-9-13-22)17-26(30-29)23-14-10-7-11-15-23/h5-19,32H,1,4H2,2-3H3/b27-19+. The smallest absolute Gasteiger partial charge is 0.138 e. The van der Waals surface area contributed by atoms with Crippen molar-refractivity contribution < 1.29 is 0 Å². The Labute approximate surface area is 195 Å². The summed E-state index contributed by atoms with van der Waals surface area (Å²) in [4.78, 5) is 5.97. The Kier molecular flexibility index (Phi) is 6.29. The van der Waals surface area contributed by atoms with Crippen LogP contribution in [0.1, 0.15) is 19.5 Å². The lowest BCUT2D eigenvalue weighted by atomic mass is 10.0. The molecule has 2 nitrogen and oxygen atoms in total. The second-order valence-electron chi connectivity index (χ2n) is 7.88. The highest BCUT2D eigenvalue weighted by Crippen LogP contribution is 2.27. The number of rotatable bonds is 5. The molecule has 3 heteroatoms. The van der Waals surface area contributed by atoms with E-state index in [0.717, 1.165) is 54.9 Å². The predicted molar refractivity (Wildman–Crippen MR) is 141 cm³/mol. The second-order valence-corrected chi connectivity index (χ2v) is 8.36. The zero-order chi connectivity index (χ0) is 22.7. The molecule has 0 radical (unpaired) electrons. The third kappa shape index (κ3) is 4.39. The van der Waals surface area contributed by atoms with Crippen LogP contribution < -0.4 is 10.6 Å². The zero-order valence-corrected chi connectivity index (χ0v) is 19.3. The predicted octanol–water partition coefficient (Wildman–Crippen LogP) is 6.26. The summed E-state index contributed by atoms with van der Waals surface area (Å²) in [5, 5.41) is 1.85. The minimum atomic E-state index is 0.816. The Morgan fingerprint density at radius 2 is 1.50 bits per heavy atom. The van der Waals surface area contributed by atoms with Crippen LogP contribution in [0.25, 0.3) is 46.9 Å². The molecule has 2 aromatic carbocycles. The lowest BCUT2D eigenvalue weighted by molar-refractivity contribution is 0.963. The minimum absolute atomic E-state index is 0.816. The van der Waals surface area contributed by atoms with Gasteiger partial charge in [0, 0.05) is 16.2 Å². The van der Waals surface area contributed by atoms with Crippen molar-refractivity contribution in [1.29, 1.82) is 0 Å². The average molecular weight is 435 g/mol. The average Bonchev–Trinajstić information content (AvgIpc) is 3.14. The summed E-state index contributed by atoms with van der Waals surface area (Å²) < 4.78 is 2.10. The van der Waals surface area contributed by atoms with E-state index in [1.165, 1.54) is 0 Å². The number of hydrogen-bond acceptors (Lipinski definition) is 2. The summed E-state index contributed by atoms with van der Waals surface area (Å²) in [5.74, 6) is 0.816. The van der Waals surface area contributed by atoms with Crippen LogP contribution >= 0.6 is 12.6 Å². The number of thiol groups is 1. The summed E-state index contributed by atoms with van der Waals surface area (Å²) >= 11 is 4.67. The summed E-state index contributed by atoms with van der Waals surface area (Å²) in [5.41, 5.74) is 6.29. The first kappa shape index (κ1) is 21.7. The van der Waals surface area contributed by atoms with Crippen LogP contribution in [-0.4, -0.2) is 9.55 Å². The zero-order valence-electron chi connectivity index (χ0n) is 18.4. The highest BCUT2D eigenvalue weighted by molar-refractivity contribution is 7.85. The summed E-state index contributed by atoms with van der Waals surface area (Å²) in [6.07, 6.45) is 3.89. The third-order valence-electron chi connectivity index (χ3n) is 5.36. The van der Waals surface area contributed by atoms with Gasteiger partial charge in [0.1, 0.15) is 5.82 Å². The van der Waals surface area contributed by atoms with Gasteiger partial charge in [-0.05, 0) is 60.5 Å². The molecular formula is C29H26N2S. The van der Waals surface area contributed by atoms with Gasteiger partial charge in [-0.15, -0.1) is 12.6 Å². The minimum Gasteiger partial charge on any atom is -0.294 e. The molecule has 0 aliphatic rings. The first-order chi connectivity index (χ1) is 15.5. The van der Waals surface area contributed by atoms with Crippen molar-refractivity contribution in [3.8, 4) is 28.2 Å². The lowest BCUT2D eigenvalue weighted by Crippen LogP contribution is -2.28. The molecule has 0 saturated heterocycles. The van der Waals surface area contributed by atoms with Crippen molar-refractivity contribution in [3.63, 3.8) is 0 Å². The van der Waals surface area contributed by atoms with Crippen molar-refractivity contribution in [2.24, 2.45) is 0 Å². The normalized spacial score (nSPS) is 11.4. The number of benzene rings is 2. The Morgan fingerprint density at radius 3 is 2.09 bits per heavy atom. The maximum atomic E-state index is 5.06. The molecule has 32 heavy (non-hydrogen) atoms. The van der Waals surface area contributed by atoms with Crippen LogP contribution in [0.3, 0.4) is 0 Å². The highest BCUT2D eigenvalue weighted by atomic mass is 32.1. The molecule has 4 rings (SSSR count). The van der Waals surface area contributed by atoms with E-state index in [4.69, 9.17) is 4.98 Å². The largest absolute Gasteiger partial charge is 0.294 e. The summed E-state index contributed by atoms with van der Waals surface area (Å²) in [6, 6.07) is 26.9. The van der Waals surface area contributed by atoms with Crippen LogP contribution in [0.5, 0.6) is 0 Å². The molecule has 0 bridgehead atoms. The number of nitrogens with zero attached hydrogens (tertiary/aromatic N) is 2. The van der Waals surface area contributed by atoms with Gasteiger partial charge in [0.05, 0.1) is 11.0 Å². The fourth-order valence-electron chi connectivity index (χ4n) is 3.62. The molecule has 0 aliphatic heterocycles. The van der Waals surface area contributed by atoms with E-state index < -0.39 is 0 Å². The van der Waals surface area contributed by atoms with Gasteiger partial charge in [-0.3, -0.25) is 4.57 Å². The molecule has 0 amide bonds. The Morgan fingerprint density at radius 1 is 0.875 bits per heavy atom. The first-order valence-electron chi connectivity index (χ1n) is 10.5. The van der Waals surface area contributed by atoms with E-state index in [-0.39, 0.29) is 0 Å². The van der Waals surface area contributed by atoms with E-state index in [0.29, 0.717) is 0 Å². The topological polar surface area (TPSA) is 17.8 Å². The van der Waals surface area contributed by atoms with Gasteiger partial charge in [0.25, 0.3) is 0 Å². The Balaban J connectivity index is 2.06. The Hall–Kier alpha value is -3.56. The van der Waals surface area contributed by atoms with Crippen LogP contribution in [0.15, 0.2) is 95.9 Å². The fraction of sp³-hybridized carbons (Fsp3) is 0.0690. The molecule has 0 saturated carbocycles. The molecule has 0 aliphatic carbocycles. The van der Waals surface area contributed by atoms with Crippen molar-refractivity contribution >= 4 is 31.4 Å². The molecule has 0 fully saturated rings. The molecule has 2 aromatic heterocycles. The molecule has 2 heterocycles. The highest BCUT2D eigenvalue weighted by Gasteiger charge is 2.12. The molecular weight excluding hydrogens is 408 g/mol. The van der Waals surface area contributed by atoms with Gasteiger partial charge in [-0.1, -0.05) is 79.4 Å². The second kappa shape index (κ2) is 9.29. The van der Waals surface area contributed by atoms with Crippen molar-refractivity contribution in [2.75, 3.05) is 0 Å². The summed E-state index contributed by atoms with van der Waals surface area (Å²) in [6.45, 7) is 12.4. The van der Waals surface area contributed by atoms with Gasteiger partial charge in [0.15, 0.2) is 0 Å². The van der Waals surface area contributed by atoms with E-state index in [1.54, 1.807) is 0 Å². The monoisotopic (exact) mass is 434 g/mol. The molecule has 4 aromatic rings. The van der Waals surface area contributed by atoms with Crippen LogP contribution in [0.2, 0.25) is 0 Å². The van der Waals surface area contributed by atoms with Crippen molar-refractivity contribution in [1.82, 2.24) is 9.55 Å². The summed E-state index contributed by atoms with van der Waals surface area (Å²) in [7, 11) is 0. The molecule has 0 atom stereocenters. The van der Waals surface area contributed by atoms with Crippen LogP contribution in [-0.2, 0) is 0 Å². The maximum absolute atomic E-state index is 5.06. The van der Waals surface area contributed by atoms with E-state index in [2.05, 4.69) is 78.9 Å². The van der Waals surface area contributed by atoms with E-state index >= 15 is 0 Å². The lowest BCUT2D eigenvalue weighted by Gasteiger charge is -2.13. The van der Waals surface area contributed by atoms with Gasteiger partial charge in [-0.25, -0.2) is 4.98 Å². The van der Waals surface area contributed by atoms with Gasteiger partial charge >= 0.3 is 0 Å². The van der Waals surface area contributed by atoms with Crippen LogP contribution in [0.4, 0.5) is 0 Å². The van der Waals surface area contributed by atoms with E-state index in [1.807, 2.05) is 56.3 Å². The SMILES string of the molecule is C=Cc1cc(=C)/c(=C\C(S)=C(C)C)n1-c1cc(-c2ccccc2)cc(-c2ccccc2)n1. The number of hydrogen-bond donors (Lipinski definition) is 1. The molecule has 0 N–H and O–H groups in total. The first-order valence-corrected chi connectivity index (χ1v) is 11.0. The van der Waals surface area contributed by atoms with Gasteiger partial charge in [0.2, 0.25) is 0 Å². The molecule has 0 unspecified atom stereocenters. The number of pyridine rings is 1. The number of allylic oxidation sites excluding steroid dienone is 2.